The molecule has 0 atom stereocenters. The predicted molar refractivity (Wildman–Crippen MR) is 73.0 cm³/mol. The van der Waals surface area contributed by atoms with E-state index in [4.69, 9.17) is 4.42 Å². The second kappa shape index (κ2) is 6.06. The summed E-state index contributed by atoms with van der Waals surface area (Å²) in [5.74, 6) is 0.877. The van der Waals surface area contributed by atoms with Crippen LogP contribution in [0.3, 0.4) is 0 Å². The van der Waals surface area contributed by atoms with Crippen LogP contribution in [0.5, 0.6) is 0 Å². The van der Waals surface area contributed by atoms with Gasteiger partial charge in [-0.2, -0.15) is 0 Å². The lowest BCUT2D eigenvalue weighted by molar-refractivity contribution is -0.119. The summed E-state index contributed by atoms with van der Waals surface area (Å²) in [6.07, 6.45) is 0. The fraction of sp³-hybridized carbons (Fsp3) is 0.200. The Bertz CT molecular complexity index is 613. The smallest absolute Gasteiger partial charge is 0.337 e. The molecular formula is C15H15NO4. The Morgan fingerprint density at radius 1 is 1.15 bits per heavy atom. The van der Waals surface area contributed by atoms with Crippen LogP contribution in [0.4, 0.5) is 0 Å². The van der Waals surface area contributed by atoms with Crippen molar-refractivity contribution >= 4 is 11.9 Å². The Balaban J connectivity index is 2.11. The van der Waals surface area contributed by atoms with Crippen molar-refractivity contribution in [2.75, 3.05) is 7.11 Å². The number of esters is 1. The number of furan rings is 1. The molecule has 0 aliphatic carbocycles. The summed E-state index contributed by atoms with van der Waals surface area (Å²) in [5.41, 5.74) is 1.34. The van der Waals surface area contributed by atoms with E-state index in [1.165, 1.54) is 14.0 Å². The molecule has 0 aliphatic heterocycles. The molecule has 5 nitrogen and oxygen atoms in total. The van der Waals surface area contributed by atoms with Gasteiger partial charge in [0.2, 0.25) is 5.91 Å². The minimum atomic E-state index is -0.373. The maximum absolute atomic E-state index is 11.3. The van der Waals surface area contributed by atoms with Crippen molar-refractivity contribution in [1.82, 2.24) is 5.32 Å². The molecule has 0 saturated heterocycles. The number of hydrogen-bond acceptors (Lipinski definition) is 4. The first-order valence-electron chi connectivity index (χ1n) is 6.12. The summed E-state index contributed by atoms with van der Waals surface area (Å²) < 4.78 is 10.3. The first-order valence-corrected chi connectivity index (χ1v) is 6.12. The van der Waals surface area contributed by atoms with Crippen molar-refractivity contribution in [2.45, 2.75) is 13.5 Å². The topological polar surface area (TPSA) is 68.5 Å². The number of methoxy groups -OCH3 is 1. The van der Waals surface area contributed by atoms with Crippen molar-refractivity contribution in [1.29, 1.82) is 0 Å². The number of amides is 1. The first kappa shape index (κ1) is 13.9. The van der Waals surface area contributed by atoms with Gasteiger partial charge in [-0.05, 0) is 24.3 Å². The molecule has 0 bridgehead atoms. The highest BCUT2D eigenvalue weighted by Gasteiger charge is 2.08. The van der Waals surface area contributed by atoms with E-state index < -0.39 is 0 Å². The van der Waals surface area contributed by atoms with Crippen molar-refractivity contribution in [3.63, 3.8) is 0 Å². The Morgan fingerprint density at radius 2 is 1.85 bits per heavy atom. The molecular weight excluding hydrogens is 258 g/mol. The largest absolute Gasteiger partial charge is 0.465 e. The quantitative estimate of drug-likeness (QED) is 0.868. The predicted octanol–water partition coefficient (Wildman–Crippen LogP) is 2.37. The van der Waals surface area contributed by atoms with Gasteiger partial charge >= 0.3 is 5.97 Å². The molecule has 5 heteroatoms. The standard InChI is InChI=1S/C15H15NO4/c1-10(17)16-9-13-7-8-14(20-13)11-3-5-12(6-4-11)15(18)19-2/h3-8H,9H2,1-2H3,(H,16,17). The molecule has 1 N–H and O–H groups in total. The Labute approximate surface area is 116 Å². The summed E-state index contributed by atoms with van der Waals surface area (Å²) in [7, 11) is 1.34. The summed E-state index contributed by atoms with van der Waals surface area (Å²) in [6, 6.07) is 10.6. The minimum absolute atomic E-state index is 0.106. The number of benzene rings is 1. The lowest BCUT2D eigenvalue weighted by Gasteiger charge is -2.01. The van der Waals surface area contributed by atoms with Gasteiger partial charge in [0.1, 0.15) is 11.5 Å². The lowest BCUT2D eigenvalue weighted by Crippen LogP contribution is -2.18. The number of rotatable bonds is 4. The molecule has 1 aromatic carbocycles. The van der Waals surface area contributed by atoms with Crippen LogP contribution in [-0.4, -0.2) is 19.0 Å². The zero-order chi connectivity index (χ0) is 14.5. The molecule has 2 aromatic rings. The van der Waals surface area contributed by atoms with Gasteiger partial charge in [0, 0.05) is 12.5 Å². The molecule has 0 unspecified atom stereocenters. The Hall–Kier alpha value is -2.56. The van der Waals surface area contributed by atoms with E-state index in [0.717, 1.165) is 5.56 Å². The number of carbonyl (C=O) groups is 2. The van der Waals surface area contributed by atoms with Gasteiger partial charge in [0.25, 0.3) is 0 Å². The van der Waals surface area contributed by atoms with Crippen LogP contribution in [0.15, 0.2) is 40.8 Å². The van der Waals surface area contributed by atoms with Gasteiger partial charge in [-0.3, -0.25) is 4.79 Å². The zero-order valence-electron chi connectivity index (χ0n) is 11.3. The van der Waals surface area contributed by atoms with Crippen molar-refractivity contribution < 1.29 is 18.7 Å². The highest BCUT2D eigenvalue weighted by Crippen LogP contribution is 2.22. The average Bonchev–Trinajstić information content (AvgIpc) is 2.93. The normalized spacial score (nSPS) is 10.1. The van der Waals surface area contributed by atoms with Crippen LogP contribution in [0.2, 0.25) is 0 Å². The molecule has 1 amide bonds. The third-order valence-corrected chi connectivity index (χ3v) is 2.76. The number of ether oxygens (including phenoxy) is 1. The Kier molecular flexibility index (Phi) is 4.20. The van der Waals surface area contributed by atoms with Gasteiger partial charge in [0.05, 0.1) is 19.2 Å². The summed E-state index contributed by atoms with van der Waals surface area (Å²) in [6.45, 7) is 1.81. The van der Waals surface area contributed by atoms with Gasteiger partial charge in [-0.15, -0.1) is 0 Å². The third kappa shape index (κ3) is 3.26. The van der Waals surface area contributed by atoms with E-state index in [0.29, 0.717) is 23.6 Å². The summed E-state index contributed by atoms with van der Waals surface area (Å²) in [5, 5.41) is 2.66. The maximum Gasteiger partial charge on any atom is 0.337 e. The van der Waals surface area contributed by atoms with E-state index in [1.54, 1.807) is 30.3 Å². The minimum Gasteiger partial charge on any atom is -0.465 e. The Morgan fingerprint density at radius 3 is 2.45 bits per heavy atom. The van der Waals surface area contributed by atoms with Crippen LogP contribution in [0, 0.1) is 0 Å². The van der Waals surface area contributed by atoms with Crippen LogP contribution < -0.4 is 5.32 Å². The highest BCUT2D eigenvalue weighted by atomic mass is 16.5. The third-order valence-electron chi connectivity index (χ3n) is 2.76. The van der Waals surface area contributed by atoms with E-state index in [1.807, 2.05) is 6.07 Å². The van der Waals surface area contributed by atoms with E-state index >= 15 is 0 Å². The molecule has 0 spiro atoms. The fourth-order valence-corrected chi connectivity index (χ4v) is 1.73. The van der Waals surface area contributed by atoms with Gasteiger partial charge in [-0.1, -0.05) is 12.1 Å². The molecule has 0 radical (unpaired) electrons. The van der Waals surface area contributed by atoms with Crippen LogP contribution in [0.25, 0.3) is 11.3 Å². The van der Waals surface area contributed by atoms with E-state index in [9.17, 15) is 9.59 Å². The molecule has 0 fully saturated rings. The zero-order valence-corrected chi connectivity index (χ0v) is 11.3. The molecule has 1 heterocycles. The summed E-state index contributed by atoms with van der Waals surface area (Å²) >= 11 is 0. The molecule has 1 aromatic heterocycles. The number of nitrogens with one attached hydrogen (secondary N) is 1. The fourth-order valence-electron chi connectivity index (χ4n) is 1.73. The number of hydrogen-bond donors (Lipinski definition) is 1. The van der Waals surface area contributed by atoms with Crippen LogP contribution in [0.1, 0.15) is 23.0 Å². The number of carbonyl (C=O) groups excluding carboxylic acids is 2. The molecule has 0 saturated carbocycles. The SMILES string of the molecule is COC(=O)c1ccc(-c2ccc(CNC(C)=O)o2)cc1. The van der Waals surface area contributed by atoms with E-state index in [-0.39, 0.29) is 11.9 Å². The van der Waals surface area contributed by atoms with Crippen molar-refractivity contribution in [2.24, 2.45) is 0 Å². The second-order valence-corrected chi connectivity index (χ2v) is 4.24. The van der Waals surface area contributed by atoms with Crippen molar-refractivity contribution in [3.05, 3.63) is 47.7 Å². The molecule has 2 rings (SSSR count). The highest BCUT2D eigenvalue weighted by molar-refractivity contribution is 5.89. The van der Waals surface area contributed by atoms with Crippen LogP contribution >= 0.6 is 0 Å². The first-order chi connectivity index (χ1) is 9.60. The van der Waals surface area contributed by atoms with Gasteiger partial charge in [0.15, 0.2) is 0 Å². The molecule has 20 heavy (non-hydrogen) atoms. The van der Waals surface area contributed by atoms with Gasteiger partial charge in [-0.25, -0.2) is 4.79 Å². The van der Waals surface area contributed by atoms with Crippen LogP contribution in [-0.2, 0) is 16.1 Å². The monoisotopic (exact) mass is 273 g/mol. The molecule has 0 aliphatic rings. The van der Waals surface area contributed by atoms with Crippen molar-refractivity contribution in [3.8, 4) is 11.3 Å². The maximum atomic E-state index is 11.3. The van der Waals surface area contributed by atoms with Gasteiger partial charge < -0.3 is 14.5 Å². The average molecular weight is 273 g/mol. The second-order valence-electron chi connectivity index (χ2n) is 4.24. The van der Waals surface area contributed by atoms with E-state index in [2.05, 4.69) is 10.1 Å². The molecule has 104 valence electrons. The lowest BCUT2D eigenvalue weighted by atomic mass is 10.1. The summed E-state index contributed by atoms with van der Waals surface area (Å²) in [4.78, 5) is 22.2.